The molecule has 0 saturated heterocycles. The van der Waals surface area contributed by atoms with E-state index in [9.17, 15) is 32.9 Å². The molecule has 2 aromatic rings. The van der Waals surface area contributed by atoms with Crippen molar-refractivity contribution in [2.45, 2.75) is 9.73 Å². The van der Waals surface area contributed by atoms with E-state index in [-0.39, 0.29) is 11.3 Å². The number of halogens is 3. The van der Waals surface area contributed by atoms with Crippen LogP contribution in [-0.4, -0.2) is 22.9 Å². The molecule has 0 aliphatic rings. The zero-order valence-electron chi connectivity index (χ0n) is 13.1. The average molecular weight is 556 g/mol. The van der Waals surface area contributed by atoms with E-state index in [1.54, 1.807) is 18.2 Å². The van der Waals surface area contributed by atoms with E-state index < -0.39 is 51.4 Å². The van der Waals surface area contributed by atoms with Crippen LogP contribution in [0.3, 0.4) is 0 Å². The topological polar surface area (TPSA) is 90.4 Å². The molecule has 0 spiro atoms. The fourth-order valence-electron chi connectivity index (χ4n) is 2.09. The van der Waals surface area contributed by atoms with E-state index in [4.69, 9.17) is 0 Å². The number of rotatable bonds is 6. The number of benzene rings is 1. The molecule has 132 valence electrons. The molecule has 0 fully saturated rings. The molecule has 1 aromatic heterocycles. The third kappa shape index (κ3) is 5.07. The fraction of sp³-hybridized carbons (Fsp3) is 0.133. The number of nitrogens with zero attached hydrogens (tertiary/aromatic N) is 2. The molecule has 0 saturated carbocycles. The van der Waals surface area contributed by atoms with Gasteiger partial charge >= 0.3 is 158 Å². The number of carbonyl (C=O) groups is 2. The van der Waals surface area contributed by atoms with Crippen LogP contribution >= 0.6 is 0 Å². The van der Waals surface area contributed by atoms with E-state index >= 15 is 0 Å². The van der Waals surface area contributed by atoms with E-state index in [1.807, 2.05) is 0 Å². The normalized spacial score (nSPS) is 12.0. The van der Waals surface area contributed by atoms with Gasteiger partial charge in [-0.15, -0.1) is 0 Å². The molecular weight excluding hydrogens is 546 g/mol. The zero-order chi connectivity index (χ0) is 19.3. The second-order valence-corrected chi connectivity index (χ2v) is 10.5. The molecule has 1 atom stereocenters. The van der Waals surface area contributed by atoms with E-state index in [0.29, 0.717) is 0 Å². The Labute approximate surface area is 157 Å². The van der Waals surface area contributed by atoms with Gasteiger partial charge in [-0.2, -0.15) is 0 Å². The first-order valence-electron chi connectivity index (χ1n) is 7.18. The molecule has 2 rings (SSSR count). The van der Waals surface area contributed by atoms with Gasteiger partial charge in [0, 0.05) is 0 Å². The Morgan fingerprint density at radius 3 is 2.19 bits per heavy atom. The number of pyridine rings is 1. The first-order valence-corrected chi connectivity index (χ1v) is 12.6. The molecule has 0 N–H and O–H groups in total. The molecule has 1 aromatic carbocycles. The number of hydrogen-bond acceptors (Lipinski definition) is 5. The predicted molar refractivity (Wildman–Crippen MR) is 75.2 cm³/mol. The summed E-state index contributed by atoms with van der Waals surface area (Å²) in [7, 11) is 0. The van der Waals surface area contributed by atoms with Crippen molar-refractivity contribution in [3.05, 3.63) is 70.5 Å². The van der Waals surface area contributed by atoms with Crippen LogP contribution in [0.1, 0.15) is 13.9 Å². The summed E-state index contributed by atoms with van der Waals surface area (Å²) in [6.07, 6.45) is -2.16. The second-order valence-electron chi connectivity index (χ2n) is 5.10. The van der Waals surface area contributed by atoms with Crippen LogP contribution in [0.15, 0.2) is 54.9 Å². The number of alkyl halides is 3. The summed E-state index contributed by atoms with van der Waals surface area (Å²) in [6.45, 7) is 0. The predicted octanol–water partition coefficient (Wildman–Crippen LogP) is 2.37. The third-order valence-electron chi connectivity index (χ3n) is 3.37. The maximum atomic E-state index is 12.7. The Hall–Kier alpha value is -2.36. The maximum absolute atomic E-state index is 12.7. The summed E-state index contributed by atoms with van der Waals surface area (Å²) in [6, 6.07) is 9.50. The molecule has 0 bridgehead atoms. The number of aromatic nitrogens is 1. The van der Waals surface area contributed by atoms with Gasteiger partial charge in [0.1, 0.15) is 0 Å². The molecule has 11 heteroatoms. The van der Waals surface area contributed by atoms with Crippen LogP contribution < -0.4 is 4.57 Å². The number of non-ortho nitro benzene ring substituents is 1. The van der Waals surface area contributed by atoms with Gasteiger partial charge < -0.3 is 0 Å². The van der Waals surface area contributed by atoms with Crippen molar-refractivity contribution in [1.29, 1.82) is 0 Å². The standard InChI is InChI=1S/C13H10N2O3.C2HF3O2.Hg/c16-13(10-14-8-2-1-3-9-14)11-4-6-12(7-5-11)15(17)18;3-2(4,5)1(6)7;/h1-10H;(H,6,7);/q+1;;+1/p-1. The van der Waals surface area contributed by atoms with Gasteiger partial charge in [-0.05, 0) is 0 Å². The van der Waals surface area contributed by atoms with Gasteiger partial charge in [0.15, 0.2) is 0 Å². The van der Waals surface area contributed by atoms with Crippen molar-refractivity contribution < 1.29 is 59.9 Å². The van der Waals surface area contributed by atoms with Crippen LogP contribution in [-0.2, 0) is 32.5 Å². The van der Waals surface area contributed by atoms with Gasteiger partial charge in [0.05, 0.1) is 0 Å². The van der Waals surface area contributed by atoms with Gasteiger partial charge in [-0.25, -0.2) is 0 Å². The molecule has 0 radical (unpaired) electrons. The van der Waals surface area contributed by atoms with Crippen molar-refractivity contribution in [2.24, 2.45) is 0 Å². The van der Waals surface area contributed by atoms with E-state index in [1.165, 1.54) is 29.1 Å². The van der Waals surface area contributed by atoms with Crippen LogP contribution in [0.4, 0.5) is 18.9 Å². The SMILES string of the molecule is O=C(c1ccc([N+](=O)[O-])cc1)[CH]([Hg][O]C(=O)C(F)(F)F)[n+]1ccccc1. The molecule has 0 aliphatic carbocycles. The Kier molecular flexibility index (Phi) is 6.40. The molecule has 1 heterocycles. The summed E-state index contributed by atoms with van der Waals surface area (Å²) < 4.78 is 41.8. The number of nitro groups is 1. The summed E-state index contributed by atoms with van der Waals surface area (Å²) in [4.78, 5) is 33.7. The van der Waals surface area contributed by atoms with Gasteiger partial charge in [-0.3, -0.25) is 0 Å². The Morgan fingerprint density at radius 2 is 1.69 bits per heavy atom. The summed E-state index contributed by atoms with van der Waals surface area (Å²) in [5.74, 6) is -2.87. The quantitative estimate of drug-likeness (QED) is 0.180. The summed E-state index contributed by atoms with van der Waals surface area (Å²) >= 11 is -3.18. The molecule has 0 aliphatic heterocycles. The second kappa shape index (κ2) is 8.34. The fourth-order valence-corrected chi connectivity index (χ4v) is 7.05. The number of ketones is 1. The van der Waals surface area contributed by atoms with Crippen molar-refractivity contribution in [3.63, 3.8) is 0 Å². The minimum atomic E-state index is -5.12. The Balaban J connectivity index is 2.27. The number of hydrogen-bond donors (Lipinski definition) is 0. The Bertz CT molecular complexity index is 812. The van der Waals surface area contributed by atoms with Crippen LogP contribution in [0.25, 0.3) is 0 Å². The van der Waals surface area contributed by atoms with Crippen LogP contribution in [0.5, 0.6) is 0 Å². The van der Waals surface area contributed by atoms with Gasteiger partial charge in [0.2, 0.25) is 0 Å². The minimum absolute atomic E-state index is 0.0833. The average Bonchev–Trinajstić information content (AvgIpc) is 2.61. The van der Waals surface area contributed by atoms with Gasteiger partial charge in [0.25, 0.3) is 0 Å². The van der Waals surface area contributed by atoms with Gasteiger partial charge in [-0.1, -0.05) is 0 Å². The molecule has 26 heavy (non-hydrogen) atoms. The van der Waals surface area contributed by atoms with Crippen LogP contribution in [0, 0.1) is 10.1 Å². The van der Waals surface area contributed by atoms with Crippen molar-refractivity contribution >= 4 is 17.4 Å². The van der Waals surface area contributed by atoms with Crippen molar-refractivity contribution in [1.82, 2.24) is 0 Å². The molecular formula is C15H10F3HgN2O5+. The van der Waals surface area contributed by atoms with Crippen LogP contribution in [0.2, 0.25) is 0 Å². The molecule has 1 unspecified atom stereocenters. The van der Waals surface area contributed by atoms with E-state index in [0.717, 1.165) is 12.1 Å². The first-order chi connectivity index (χ1) is 12.2. The molecule has 0 amide bonds. The number of carbonyl (C=O) groups excluding carboxylic acids is 2. The Morgan fingerprint density at radius 1 is 1.12 bits per heavy atom. The number of nitro benzene ring substituents is 1. The summed E-state index contributed by atoms with van der Waals surface area (Å²) in [5, 5.41) is 10.7. The third-order valence-corrected chi connectivity index (χ3v) is 9.34. The first kappa shape index (κ1) is 20.0. The van der Waals surface area contributed by atoms with E-state index in [2.05, 4.69) is 2.64 Å². The molecule has 7 nitrogen and oxygen atoms in total. The van der Waals surface area contributed by atoms with Crippen molar-refractivity contribution in [2.75, 3.05) is 0 Å². The monoisotopic (exact) mass is 557 g/mol. The number of Topliss-reactive ketones (excluding diaryl/α,β-unsaturated/α-hetero) is 1. The summed E-state index contributed by atoms with van der Waals surface area (Å²) in [5.41, 5.74) is -0.140. The van der Waals surface area contributed by atoms with Crippen molar-refractivity contribution in [3.8, 4) is 0 Å². The zero-order valence-corrected chi connectivity index (χ0v) is 18.5.